The van der Waals surface area contributed by atoms with Crippen LogP contribution in [0.25, 0.3) is 0 Å². The van der Waals surface area contributed by atoms with Crippen molar-refractivity contribution >= 4 is 15.7 Å². The van der Waals surface area contributed by atoms with Gasteiger partial charge in [-0.2, -0.15) is 4.31 Å². The molecule has 0 bridgehead atoms. The van der Waals surface area contributed by atoms with Crippen molar-refractivity contribution in [1.82, 2.24) is 13.9 Å². The van der Waals surface area contributed by atoms with E-state index in [0.717, 1.165) is 25.1 Å². The number of rotatable bonds is 5. The molecule has 3 heterocycles. The SMILES string of the molecule is Cc1cc(N[C@@H]2CN(S(=O)(=O)c3cn(C)cn3)C[C@H]2[C@@H]2CCCOC2)ccc1F. The number of ether oxygens (including phenoxy) is 1. The first-order valence-corrected chi connectivity index (χ1v) is 11.4. The van der Waals surface area contributed by atoms with Crippen LogP contribution in [-0.4, -0.2) is 54.6 Å². The van der Waals surface area contributed by atoms with Crippen molar-refractivity contribution in [2.75, 3.05) is 31.6 Å². The molecule has 29 heavy (non-hydrogen) atoms. The number of aryl methyl sites for hydroxylation is 2. The van der Waals surface area contributed by atoms with Crippen LogP contribution in [0.2, 0.25) is 0 Å². The standard InChI is InChI=1S/C20H27FN4O3S/c1-14-8-16(5-6-18(14)21)23-19-10-25(9-17(19)15-4-3-7-28-12-15)29(26,27)20-11-24(2)13-22-20/h5-6,8,11,13,15,17,19,23H,3-4,7,9-10,12H2,1-2H3/t15-,17+,19-/m1/s1. The summed E-state index contributed by atoms with van der Waals surface area (Å²) in [5.74, 6) is 0.143. The van der Waals surface area contributed by atoms with Crippen LogP contribution in [0, 0.1) is 24.6 Å². The molecule has 0 aliphatic carbocycles. The van der Waals surface area contributed by atoms with Gasteiger partial charge in [-0.25, -0.2) is 17.8 Å². The molecule has 3 atom stereocenters. The van der Waals surface area contributed by atoms with E-state index in [2.05, 4.69) is 10.3 Å². The van der Waals surface area contributed by atoms with Gasteiger partial charge in [-0.3, -0.25) is 0 Å². The minimum absolute atomic E-state index is 0.0666. The molecule has 2 aromatic rings. The molecule has 2 aliphatic rings. The van der Waals surface area contributed by atoms with Crippen molar-refractivity contribution in [2.24, 2.45) is 18.9 Å². The topological polar surface area (TPSA) is 76.5 Å². The van der Waals surface area contributed by atoms with Crippen LogP contribution in [-0.2, 0) is 21.8 Å². The van der Waals surface area contributed by atoms with Crippen molar-refractivity contribution in [3.63, 3.8) is 0 Å². The molecule has 2 fully saturated rings. The third-order valence-electron chi connectivity index (χ3n) is 5.93. The second kappa shape index (κ2) is 8.04. The third-order valence-corrected chi connectivity index (χ3v) is 7.65. The van der Waals surface area contributed by atoms with Crippen LogP contribution < -0.4 is 5.32 Å². The van der Waals surface area contributed by atoms with Gasteiger partial charge >= 0.3 is 0 Å². The molecule has 4 rings (SSSR count). The quantitative estimate of drug-likeness (QED) is 0.801. The maximum Gasteiger partial charge on any atom is 0.262 e. The van der Waals surface area contributed by atoms with Gasteiger partial charge in [0.25, 0.3) is 10.0 Å². The number of anilines is 1. The Bertz CT molecular complexity index is 972. The average molecular weight is 423 g/mol. The molecule has 0 spiro atoms. The molecular formula is C20H27FN4O3S. The predicted molar refractivity (Wildman–Crippen MR) is 108 cm³/mol. The molecule has 1 aromatic heterocycles. The van der Waals surface area contributed by atoms with Crippen molar-refractivity contribution in [3.05, 3.63) is 42.1 Å². The summed E-state index contributed by atoms with van der Waals surface area (Å²) in [5, 5.41) is 3.53. The van der Waals surface area contributed by atoms with Gasteiger partial charge in [-0.15, -0.1) is 0 Å². The summed E-state index contributed by atoms with van der Waals surface area (Å²) in [4.78, 5) is 4.05. The number of halogens is 1. The first-order chi connectivity index (χ1) is 13.8. The molecule has 158 valence electrons. The van der Waals surface area contributed by atoms with Crippen molar-refractivity contribution in [3.8, 4) is 0 Å². The maximum absolute atomic E-state index is 13.6. The maximum atomic E-state index is 13.6. The fraction of sp³-hybridized carbons (Fsp3) is 0.550. The lowest BCUT2D eigenvalue weighted by molar-refractivity contribution is 0.0317. The van der Waals surface area contributed by atoms with E-state index in [0.29, 0.717) is 25.3 Å². The van der Waals surface area contributed by atoms with Crippen molar-refractivity contribution < 1.29 is 17.5 Å². The Kier molecular flexibility index (Phi) is 5.63. The number of imidazole rings is 1. The number of hydrogen-bond acceptors (Lipinski definition) is 5. The van der Waals surface area contributed by atoms with Crippen molar-refractivity contribution in [1.29, 1.82) is 0 Å². The van der Waals surface area contributed by atoms with E-state index < -0.39 is 10.0 Å². The van der Waals surface area contributed by atoms with E-state index >= 15 is 0 Å². The molecule has 2 aliphatic heterocycles. The van der Waals surface area contributed by atoms with Gasteiger partial charge in [0.2, 0.25) is 0 Å². The Labute approximate surface area is 170 Å². The zero-order chi connectivity index (χ0) is 20.6. The van der Waals surface area contributed by atoms with Gasteiger partial charge in [0.1, 0.15) is 5.82 Å². The van der Waals surface area contributed by atoms with Gasteiger partial charge in [-0.05, 0) is 55.4 Å². The molecule has 0 amide bonds. The van der Waals surface area contributed by atoms with E-state index in [-0.39, 0.29) is 28.7 Å². The fourth-order valence-corrected chi connectivity index (χ4v) is 5.79. The third kappa shape index (κ3) is 4.17. The van der Waals surface area contributed by atoms with E-state index in [1.54, 1.807) is 30.7 Å². The van der Waals surface area contributed by atoms with Crippen LogP contribution in [0.5, 0.6) is 0 Å². The first-order valence-electron chi connectivity index (χ1n) is 9.93. The molecule has 9 heteroatoms. The summed E-state index contributed by atoms with van der Waals surface area (Å²) in [7, 11) is -1.92. The highest BCUT2D eigenvalue weighted by Crippen LogP contribution is 2.34. The number of sulfonamides is 1. The Morgan fingerprint density at radius 3 is 2.79 bits per heavy atom. The average Bonchev–Trinajstić information content (AvgIpc) is 3.33. The number of hydrogen-bond donors (Lipinski definition) is 1. The molecular weight excluding hydrogens is 395 g/mol. The molecule has 1 aromatic carbocycles. The summed E-state index contributed by atoms with van der Waals surface area (Å²) >= 11 is 0. The molecule has 0 saturated carbocycles. The molecule has 0 radical (unpaired) electrons. The zero-order valence-electron chi connectivity index (χ0n) is 16.7. The summed E-state index contributed by atoms with van der Waals surface area (Å²) in [6, 6.07) is 4.82. The van der Waals surface area contributed by atoms with Crippen LogP contribution in [0.1, 0.15) is 18.4 Å². The minimum atomic E-state index is -3.67. The fourth-order valence-electron chi connectivity index (χ4n) is 4.32. The number of aromatic nitrogens is 2. The van der Waals surface area contributed by atoms with Gasteiger partial charge in [0, 0.05) is 51.3 Å². The molecule has 0 unspecified atom stereocenters. The van der Waals surface area contributed by atoms with Crippen LogP contribution >= 0.6 is 0 Å². The predicted octanol–water partition coefficient (Wildman–Crippen LogP) is 2.40. The van der Waals surface area contributed by atoms with Crippen LogP contribution in [0.15, 0.2) is 35.7 Å². The first kappa shape index (κ1) is 20.3. The molecule has 2 saturated heterocycles. The minimum Gasteiger partial charge on any atom is -0.381 e. The Hall–Kier alpha value is -1.97. The highest BCUT2D eigenvalue weighted by atomic mass is 32.2. The monoisotopic (exact) mass is 422 g/mol. The lowest BCUT2D eigenvalue weighted by Crippen LogP contribution is -2.36. The normalized spacial score (nSPS) is 26.0. The zero-order valence-corrected chi connectivity index (χ0v) is 17.5. The highest BCUT2D eigenvalue weighted by molar-refractivity contribution is 7.89. The van der Waals surface area contributed by atoms with E-state index in [1.807, 2.05) is 0 Å². The van der Waals surface area contributed by atoms with Gasteiger partial charge in [-0.1, -0.05) is 0 Å². The second-order valence-electron chi connectivity index (χ2n) is 8.06. The van der Waals surface area contributed by atoms with Gasteiger partial charge < -0.3 is 14.6 Å². The number of nitrogens with zero attached hydrogens (tertiary/aromatic N) is 3. The molecule has 7 nitrogen and oxygen atoms in total. The Balaban J connectivity index is 1.59. The van der Waals surface area contributed by atoms with E-state index in [9.17, 15) is 12.8 Å². The summed E-state index contributed by atoms with van der Waals surface area (Å²) in [5.41, 5.74) is 1.36. The highest BCUT2D eigenvalue weighted by Gasteiger charge is 2.43. The van der Waals surface area contributed by atoms with E-state index in [1.165, 1.54) is 22.9 Å². The summed E-state index contributed by atoms with van der Waals surface area (Å²) in [6.45, 7) is 3.89. The summed E-state index contributed by atoms with van der Waals surface area (Å²) in [6.07, 6.45) is 5.02. The summed E-state index contributed by atoms with van der Waals surface area (Å²) < 4.78 is 48.7. The van der Waals surface area contributed by atoms with Gasteiger partial charge in [0.05, 0.1) is 6.33 Å². The van der Waals surface area contributed by atoms with Crippen LogP contribution in [0.3, 0.4) is 0 Å². The molecule has 1 N–H and O–H groups in total. The smallest absolute Gasteiger partial charge is 0.262 e. The second-order valence-corrected chi connectivity index (χ2v) is 9.94. The Morgan fingerprint density at radius 2 is 2.14 bits per heavy atom. The number of nitrogens with one attached hydrogen (secondary N) is 1. The van der Waals surface area contributed by atoms with Crippen LogP contribution in [0.4, 0.5) is 10.1 Å². The lowest BCUT2D eigenvalue weighted by atomic mass is 9.84. The van der Waals surface area contributed by atoms with Gasteiger partial charge in [0.15, 0.2) is 5.03 Å². The van der Waals surface area contributed by atoms with E-state index in [4.69, 9.17) is 4.74 Å². The number of benzene rings is 1. The lowest BCUT2D eigenvalue weighted by Gasteiger charge is -2.31. The largest absolute Gasteiger partial charge is 0.381 e. The Morgan fingerprint density at radius 1 is 1.31 bits per heavy atom. The van der Waals surface area contributed by atoms with Crippen molar-refractivity contribution in [2.45, 2.75) is 30.8 Å².